The van der Waals surface area contributed by atoms with Crippen molar-refractivity contribution in [1.82, 2.24) is 0 Å². The zero-order valence-electron chi connectivity index (χ0n) is 6.82. The van der Waals surface area contributed by atoms with Gasteiger partial charge in [0.1, 0.15) is 0 Å². The van der Waals surface area contributed by atoms with E-state index in [0.717, 1.165) is 12.5 Å². The smallest absolute Gasteiger partial charge is 0.330 e. The molecular weight excluding hydrogens is 160 g/mol. The molecular formula is C8H12O4. The standard InChI is InChI=1S/C8H12O4/c1-2-8(9)10-5-7-3-4-11-12-6-7/h2,7H,1,3-6H2. The largest absolute Gasteiger partial charge is 0.462 e. The van der Waals surface area contributed by atoms with Crippen molar-refractivity contribution in [3.63, 3.8) is 0 Å². The molecule has 12 heavy (non-hydrogen) atoms. The molecule has 0 saturated carbocycles. The van der Waals surface area contributed by atoms with Gasteiger partial charge >= 0.3 is 5.97 Å². The number of ether oxygens (including phenoxy) is 1. The fraction of sp³-hybridized carbons (Fsp3) is 0.625. The van der Waals surface area contributed by atoms with Crippen LogP contribution in [0.1, 0.15) is 6.42 Å². The zero-order valence-corrected chi connectivity index (χ0v) is 6.82. The van der Waals surface area contributed by atoms with Crippen LogP contribution in [0, 0.1) is 5.92 Å². The van der Waals surface area contributed by atoms with Crippen molar-refractivity contribution in [3.8, 4) is 0 Å². The first kappa shape index (κ1) is 9.22. The van der Waals surface area contributed by atoms with E-state index in [4.69, 9.17) is 9.62 Å². The highest BCUT2D eigenvalue weighted by Crippen LogP contribution is 2.10. The normalized spacial score (nSPS) is 23.2. The summed E-state index contributed by atoms with van der Waals surface area (Å²) in [6.45, 7) is 4.73. The Kier molecular flexibility index (Phi) is 3.76. The molecule has 0 amide bonds. The van der Waals surface area contributed by atoms with Gasteiger partial charge in [-0.25, -0.2) is 14.6 Å². The van der Waals surface area contributed by atoms with Gasteiger partial charge in [-0.3, -0.25) is 0 Å². The summed E-state index contributed by atoms with van der Waals surface area (Å²) in [5.41, 5.74) is 0. The van der Waals surface area contributed by atoms with E-state index in [1.807, 2.05) is 0 Å². The maximum absolute atomic E-state index is 10.6. The van der Waals surface area contributed by atoms with Crippen molar-refractivity contribution in [2.45, 2.75) is 6.42 Å². The third-order valence-corrected chi connectivity index (χ3v) is 1.62. The van der Waals surface area contributed by atoms with Crippen molar-refractivity contribution in [2.75, 3.05) is 19.8 Å². The minimum Gasteiger partial charge on any atom is -0.462 e. The van der Waals surface area contributed by atoms with Crippen LogP contribution in [0.5, 0.6) is 0 Å². The van der Waals surface area contributed by atoms with E-state index >= 15 is 0 Å². The van der Waals surface area contributed by atoms with Gasteiger partial charge in [0.05, 0.1) is 19.8 Å². The van der Waals surface area contributed by atoms with Gasteiger partial charge in [-0.05, 0) is 6.42 Å². The minimum absolute atomic E-state index is 0.252. The average Bonchev–Trinajstić information content (AvgIpc) is 2.16. The van der Waals surface area contributed by atoms with Crippen molar-refractivity contribution in [1.29, 1.82) is 0 Å². The third-order valence-electron chi connectivity index (χ3n) is 1.62. The Morgan fingerprint density at radius 1 is 1.67 bits per heavy atom. The van der Waals surface area contributed by atoms with E-state index in [1.54, 1.807) is 0 Å². The van der Waals surface area contributed by atoms with E-state index in [2.05, 4.69) is 11.5 Å². The van der Waals surface area contributed by atoms with E-state index in [0.29, 0.717) is 19.8 Å². The van der Waals surface area contributed by atoms with Crippen LogP contribution in [0.25, 0.3) is 0 Å². The first-order valence-electron chi connectivity index (χ1n) is 3.86. The molecule has 1 aliphatic heterocycles. The summed E-state index contributed by atoms with van der Waals surface area (Å²) in [5.74, 6) is -0.135. The summed E-state index contributed by atoms with van der Waals surface area (Å²) in [6, 6.07) is 0. The molecule has 0 radical (unpaired) electrons. The number of carbonyl (C=O) groups is 1. The van der Waals surface area contributed by atoms with Crippen LogP contribution in [-0.2, 0) is 19.3 Å². The molecule has 4 heteroatoms. The van der Waals surface area contributed by atoms with E-state index < -0.39 is 0 Å². The quantitative estimate of drug-likeness (QED) is 0.357. The van der Waals surface area contributed by atoms with Gasteiger partial charge in [-0.15, -0.1) is 0 Å². The number of rotatable bonds is 3. The number of carbonyl (C=O) groups excluding carboxylic acids is 1. The lowest BCUT2D eigenvalue weighted by atomic mass is 10.1. The summed E-state index contributed by atoms with van der Waals surface area (Å²) in [5, 5.41) is 0. The van der Waals surface area contributed by atoms with Crippen molar-refractivity contribution >= 4 is 5.97 Å². The minimum atomic E-state index is -0.388. The van der Waals surface area contributed by atoms with Gasteiger partial charge in [-0.1, -0.05) is 6.58 Å². The Labute approximate surface area is 71.0 Å². The lowest BCUT2D eigenvalue weighted by molar-refractivity contribution is -0.325. The fourth-order valence-corrected chi connectivity index (χ4v) is 0.892. The van der Waals surface area contributed by atoms with Crippen molar-refractivity contribution in [3.05, 3.63) is 12.7 Å². The Bertz CT molecular complexity index is 160. The van der Waals surface area contributed by atoms with Gasteiger partial charge < -0.3 is 4.74 Å². The van der Waals surface area contributed by atoms with Gasteiger partial charge in [0.2, 0.25) is 0 Å². The molecule has 1 saturated heterocycles. The molecule has 1 atom stereocenters. The lowest BCUT2D eigenvalue weighted by Crippen LogP contribution is -2.24. The lowest BCUT2D eigenvalue weighted by Gasteiger charge is -2.20. The van der Waals surface area contributed by atoms with Crippen LogP contribution < -0.4 is 0 Å². The van der Waals surface area contributed by atoms with Crippen LogP contribution in [0.15, 0.2) is 12.7 Å². The summed E-state index contributed by atoms with van der Waals surface area (Å²) >= 11 is 0. The van der Waals surface area contributed by atoms with E-state index in [1.165, 1.54) is 0 Å². The molecule has 1 heterocycles. The molecule has 0 bridgehead atoms. The Morgan fingerprint density at radius 2 is 2.50 bits per heavy atom. The monoisotopic (exact) mass is 172 g/mol. The number of esters is 1. The van der Waals surface area contributed by atoms with E-state index in [9.17, 15) is 4.79 Å². The van der Waals surface area contributed by atoms with Gasteiger partial charge in [0.25, 0.3) is 0 Å². The zero-order chi connectivity index (χ0) is 8.81. The predicted molar refractivity (Wildman–Crippen MR) is 41.2 cm³/mol. The SMILES string of the molecule is C=CC(=O)OCC1CCOOC1. The van der Waals surface area contributed by atoms with E-state index in [-0.39, 0.29) is 11.9 Å². The Morgan fingerprint density at radius 3 is 3.08 bits per heavy atom. The highest BCUT2D eigenvalue weighted by molar-refractivity contribution is 5.81. The van der Waals surface area contributed by atoms with Crippen molar-refractivity contribution < 1.29 is 19.3 Å². The molecule has 0 aromatic rings. The average molecular weight is 172 g/mol. The van der Waals surface area contributed by atoms with Crippen LogP contribution in [0.4, 0.5) is 0 Å². The molecule has 4 nitrogen and oxygen atoms in total. The first-order valence-corrected chi connectivity index (χ1v) is 3.86. The maximum Gasteiger partial charge on any atom is 0.330 e. The second-order valence-electron chi connectivity index (χ2n) is 2.60. The van der Waals surface area contributed by atoms with Gasteiger partial charge in [0, 0.05) is 12.0 Å². The molecule has 0 aromatic heterocycles. The molecule has 1 unspecified atom stereocenters. The highest BCUT2D eigenvalue weighted by atomic mass is 17.2. The maximum atomic E-state index is 10.6. The molecule has 1 rings (SSSR count). The Balaban J connectivity index is 2.12. The number of hydrogen-bond donors (Lipinski definition) is 0. The van der Waals surface area contributed by atoms with Crippen molar-refractivity contribution in [2.24, 2.45) is 5.92 Å². The second-order valence-corrected chi connectivity index (χ2v) is 2.60. The molecule has 68 valence electrons. The third kappa shape index (κ3) is 3.02. The number of hydrogen-bond acceptors (Lipinski definition) is 4. The summed E-state index contributed by atoms with van der Waals surface area (Å²) in [6.07, 6.45) is 2.02. The summed E-state index contributed by atoms with van der Waals surface area (Å²) in [4.78, 5) is 20.0. The van der Waals surface area contributed by atoms with Crippen LogP contribution in [0.2, 0.25) is 0 Å². The molecule has 0 spiro atoms. The molecule has 0 aliphatic carbocycles. The van der Waals surface area contributed by atoms with Crippen LogP contribution in [-0.4, -0.2) is 25.8 Å². The molecule has 1 aliphatic rings. The molecule has 0 N–H and O–H groups in total. The van der Waals surface area contributed by atoms with Gasteiger partial charge in [0.15, 0.2) is 0 Å². The fourth-order valence-electron chi connectivity index (χ4n) is 0.892. The Hall–Kier alpha value is -0.870. The predicted octanol–water partition coefficient (Wildman–Crippen LogP) is 0.684. The van der Waals surface area contributed by atoms with Crippen LogP contribution >= 0.6 is 0 Å². The highest BCUT2D eigenvalue weighted by Gasteiger charge is 2.15. The topological polar surface area (TPSA) is 44.8 Å². The summed E-state index contributed by atoms with van der Waals surface area (Å²) < 4.78 is 4.84. The second kappa shape index (κ2) is 4.90. The molecule has 0 aromatic carbocycles. The van der Waals surface area contributed by atoms with Gasteiger partial charge in [-0.2, -0.15) is 0 Å². The summed E-state index contributed by atoms with van der Waals surface area (Å²) in [7, 11) is 0. The van der Waals surface area contributed by atoms with Crippen LogP contribution in [0.3, 0.4) is 0 Å². The first-order chi connectivity index (χ1) is 5.83. The molecule has 1 fully saturated rings.